The van der Waals surface area contributed by atoms with Crippen LogP contribution in [-0.4, -0.2) is 26.2 Å². The summed E-state index contributed by atoms with van der Waals surface area (Å²) in [6, 6.07) is 2.76. The second-order valence-electron chi connectivity index (χ2n) is 3.25. The number of hydrogen-bond acceptors (Lipinski definition) is 3. The van der Waals surface area contributed by atoms with Crippen molar-refractivity contribution in [2.24, 2.45) is 0 Å². The molecule has 0 aliphatic heterocycles. The van der Waals surface area contributed by atoms with Gasteiger partial charge in [-0.1, -0.05) is 6.07 Å². The summed E-state index contributed by atoms with van der Waals surface area (Å²) in [5.74, 6) is -2.34. The minimum absolute atomic E-state index is 0.309. The standard InChI is InChI=1S/C9H11F2NO3S/c1-6(13)5-12-16(14,15)9-7(10)3-2-4-8(9)11/h2-4,6,12-13H,5H2,1H3/t6-/m1/s1. The molecule has 0 amide bonds. The molecule has 1 rings (SSSR count). The van der Waals surface area contributed by atoms with E-state index in [-0.39, 0.29) is 6.54 Å². The lowest BCUT2D eigenvalue weighted by molar-refractivity contribution is 0.198. The van der Waals surface area contributed by atoms with Crippen molar-refractivity contribution in [3.05, 3.63) is 29.8 Å². The maximum absolute atomic E-state index is 13.1. The van der Waals surface area contributed by atoms with Crippen LogP contribution >= 0.6 is 0 Å². The first-order valence-electron chi connectivity index (χ1n) is 4.46. The molecule has 0 fully saturated rings. The fraction of sp³-hybridized carbons (Fsp3) is 0.333. The summed E-state index contributed by atoms with van der Waals surface area (Å²) in [6.07, 6.45) is -0.940. The predicted molar refractivity (Wildman–Crippen MR) is 53.2 cm³/mol. The van der Waals surface area contributed by atoms with Crippen LogP contribution in [0.5, 0.6) is 0 Å². The van der Waals surface area contributed by atoms with E-state index in [2.05, 4.69) is 0 Å². The molecule has 2 N–H and O–H groups in total. The molecule has 0 spiro atoms. The lowest BCUT2D eigenvalue weighted by Gasteiger charge is -2.09. The Morgan fingerprint density at radius 1 is 1.38 bits per heavy atom. The molecule has 1 atom stereocenters. The normalized spacial score (nSPS) is 13.8. The first-order valence-corrected chi connectivity index (χ1v) is 5.94. The van der Waals surface area contributed by atoms with Crippen molar-refractivity contribution in [2.75, 3.05) is 6.54 Å². The number of halogens is 2. The van der Waals surface area contributed by atoms with Crippen LogP contribution in [0.1, 0.15) is 6.92 Å². The van der Waals surface area contributed by atoms with Crippen molar-refractivity contribution < 1.29 is 22.3 Å². The molecule has 90 valence electrons. The lowest BCUT2D eigenvalue weighted by Crippen LogP contribution is -2.31. The van der Waals surface area contributed by atoms with Crippen LogP contribution in [-0.2, 0) is 10.0 Å². The van der Waals surface area contributed by atoms with Gasteiger partial charge in [0.05, 0.1) is 6.10 Å². The molecule has 0 aromatic heterocycles. The largest absolute Gasteiger partial charge is 0.392 e. The van der Waals surface area contributed by atoms with Gasteiger partial charge in [0.2, 0.25) is 10.0 Å². The Balaban J connectivity index is 3.08. The Bertz CT molecular complexity index is 453. The van der Waals surface area contributed by atoms with Gasteiger partial charge in [0.1, 0.15) is 11.6 Å². The van der Waals surface area contributed by atoms with Crippen LogP contribution in [0.4, 0.5) is 8.78 Å². The highest BCUT2D eigenvalue weighted by Crippen LogP contribution is 2.17. The quantitative estimate of drug-likeness (QED) is 0.824. The van der Waals surface area contributed by atoms with E-state index in [1.54, 1.807) is 0 Å². The number of sulfonamides is 1. The summed E-state index contributed by atoms with van der Waals surface area (Å²) in [4.78, 5) is -1.03. The van der Waals surface area contributed by atoms with Crippen molar-refractivity contribution in [1.29, 1.82) is 0 Å². The first kappa shape index (κ1) is 13.0. The fourth-order valence-electron chi connectivity index (χ4n) is 1.04. The van der Waals surface area contributed by atoms with Crippen LogP contribution in [0.15, 0.2) is 23.1 Å². The smallest absolute Gasteiger partial charge is 0.246 e. The van der Waals surface area contributed by atoms with Gasteiger partial charge < -0.3 is 5.11 Å². The molecule has 1 aromatic rings. The molecule has 0 bridgehead atoms. The monoisotopic (exact) mass is 251 g/mol. The summed E-state index contributed by atoms with van der Waals surface area (Å²) in [5, 5.41) is 8.89. The molecule has 16 heavy (non-hydrogen) atoms. The van der Waals surface area contributed by atoms with Crippen molar-refractivity contribution in [2.45, 2.75) is 17.9 Å². The average molecular weight is 251 g/mol. The van der Waals surface area contributed by atoms with Crippen LogP contribution in [0.25, 0.3) is 0 Å². The zero-order valence-electron chi connectivity index (χ0n) is 8.44. The van der Waals surface area contributed by atoms with Gasteiger partial charge in [0.25, 0.3) is 0 Å². The summed E-state index contributed by atoms with van der Waals surface area (Å²) in [5.41, 5.74) is 0. The van der Waals surface area contributed by atoms with Gasteiger partial charge in [0, 0.05) is 6.54 Å². The van der Waals surface area contributed by atoms with E-state index in [9.17, 15) is 17.2 Å². The molecule has 7 heteroatoms. The van der Waals surface area contributed by atoms with Gasteiger partial charge in [-0.05, 0) is 19.1 Å². The third kappa shape index (κ3) is 2.97. The molecule has 0 aliphatic rings. The molecule has 0 unspecified atom stereocenters. The highest BCUT2D eigenvalue weighted by molar-refractivity contribution is 7.89. The zero-order chi connectivity index (χ0) is 12.3. The Morgan fingerprint density at radius 2 is 1.88 bits per heavy atom. The molecule has 1 aromatic carbocycles. The minimum atomic E-state index is -4.28. The molecular formula is C9H11F2NO3S. The van der Waals surface area contributed by atoms with Crippen molar-refractivity contribution in [3.8, 4) is 0 Å². The first-order chi connectivity index (χ1) is 7.34. The second-order valence-corrected chi connectivity index (χ2v) is 4.96. The van der Waals surface area contributed by atoms with Crippen LogP contribution in [0, 0.1) is 11.6 Å². The predicted octanol–water partition coefficient (Wildman–Crippen LogP) is 0.624. The number of benzene rings is 1. The number of nitrogens with one attached hydrogen (secondary N) is 1. The number of aliphatic hydroxyl groups excluding tert-OH is 1. The highest BCUT2D eigenvalue weighted by Gasteiger charge is 2.23. The molecule has 0 saturated carbocycles. The summed E-state index contributed by atoms with van der Waals surface area (Å²) in [7, 11) is -4.28. The van der Waals surface area contributed by atoms with E-state index >= 15 is 0 Å². The van der Waals surface area contributed by atoms with E-state index in [1.165, 1.54) is 6.92 Å². The maximum atomic E-state index is 13.1. The van der Waals surface area contributed by atoms with Gasteiger partial charge in [-0.2, -0.15) is 0 Å². The summed E-state index contributed by atoms with van der Waals surface area (Å²) in [6.45, 7) is 1.04. The molecule has 0 aliphatic carbocycles. The Hall–Kier alpha value is -1.05. The van der Waals surface area contributed by atoms with E-state index in [1.807, 2.05) is 4.72 Å². The SMILES string of the molecule is C[C@@H](O)CNS(=O)(=O)c1c(F)cccc1F. The molecule has 4 nitrogen and oxygen atoms in total. The molecular weight excluding hydrogens is 240 g/mol. The molecule has 0 heterocycles. The van der Waals surface area contributed by atoms with E-state index in [4.69, 9.17) is 5.11 Å². The maximum Gasteiger partial charge on any atom is 0.246 e. The van der Waals surface area contributed by atoms with E-state index in [0.29, 0.717) is 0 Å². The summed E-state index contributed by atoms with van der Waals surface area (Å²) >= 11 is 0. The fourth-order valence-corrected chi connectivity index (χ4v) is 2.30. The van der Waals surface area contributed by atoms with Crippen LogP contribution in [0.2, 0.25) is 0 Å². The number of hydrogen-bond donors (Lipinski definition) is 2. The third-order valence-corrected chi connectivity index (χ3v) is 3.23. The van der Waals surface area contributed by atoms with Gasteiger partial charge in [0.15, 0.2) is 4.90 Å². The number of aliphatic hydroxyl groups is 1. The van der Waals surface area contributed by atoms with Crippen LogP contribution in [0.3, 0.4) is 0 Å². The average Bonchev–Trinajstić information content (AvgIpc) is 2.14. The Kier molecular flexibility index (Phi) is 3.95. The lowest BCUT2D eigenvalue weighted by atomic mass is 10.3. The highest BCUT2D eigenvalue weighted by atomic mass is 32.2. The van der Waals surface area contributed by atoms with Gasteiger partial charge in [-0.25, -0.2) is 21.9 Å². The molecule has 0 saturated heterocycles. The number of rotatable bonds is 4. The van der Waals surface area contributed by atoms with E-state index < -0.39 is 32.7 Å². The van der Waals surface area contributed by atoms with Crippen LogP contribution < -0.4 is 4.72 Å². The zero-order valence-corrected chi connectivity index (χ0v) is 9.26. The van der Waals surface area contributed by atoms with Gasteiger partial charge in [-0.3, -0.25) is 0 Å². The van der Waals surface area contributed by atoms with Gasteiger partial charge >= 0.3 is 0 Å². The minimum Gasteiger partial charge on any atom is -0.392 e. The summed E-state index contributed by atoms with van der Waals surface area (Å²) < 4.78 is 51.1. The second kappa shape index (κ2) is 4.86. The van der Waals surface area contributed by atoms with E-state index in [0.717, 1.165) is 18.2 Å². The van der Waals surface area contributed by atoms with Gasteiger partial charge in [-0.15, -0.1) is 0 Å². The third-order valence-electron chi connectivity index (χ3n) is 1.76. The topological polar surface area (TPSA) is 66.4 Å². The Morgan fingerprint density at radius 3 is 2.31 bits per heavy atom. The van der Waals surface area contributed by atoms with Crippen molar-refractivity contribution in [1.82, 2.24) is 4.72 Å². The van der Waals surface area contributed by atoms with Crippen molar-refractivity contribution >= 4 is 10.0 Å². The van der Waals surface area contributed by atoms with Crippen molar-refractivity contribution in [3.63, 3.8) is 0 Å². The molecule has 0 radical (unpaired) electrons. The Labute approximate surface area is 92.0 Å².